The number of aromatic nitrogens is 2. The van der Waals surface area contributed by atoms with Gasteiger partial charge in [0.1, 0.15) is 5.82 Å². The summed E-state index contributed by atoms with van der Waals surface area (Å²) in [6.07, 6.45) is 0.783. The molecule has 1 N–H and O–H groups in total. The van der Waals surface area contributed by atoms with Gasteiger partial charge in [-0.3, -0.25) is 0 Å². The summed E-state index contributed by atoms with van der Waals surface area (Å²) < 4.78 is 2.03. The highest BCUT2D eigenvalue weighted by molar-refractivity contribution is 6.01. The molecule has 96 valence electrons. The summed E-state index contributed by atoms with van der Waals surface area (Å²) in [5.74, 6) is 0.0138. The quantitative estimate of drug-likeness (QED) is 0.886. The third-order valence-corrected chi connectivity index (χ3v) is 2.96. The average molecular weight is 246 g/mol. The highest BCUT2D eigenvalue weighted by Gasteiger charge is 2.24. The molecule has 0 unspecified atom stereocenters. The number of rotatable bonds is 2. The molecule has 2 rings (SSSR count). The second kappa shape index (κ2) is 4.12. The van der Waals surface area contributed by atoms with E-state index in [4.69, 9.17) is 0 Å². The fourth-order valence-corrected chi connectivity index (χ4v) is 2.31. The fraction of sp³-hybridized carbons (Fsp3) is 0.429. The number of hydrogen-bond acceptors (Lipinski definition) is 2. The lowest BCUT2D eigenvalue weighted by Crippen LogP contribution is -2.24. The van der Waals surface area contributed by atoms with Gasteiger partial charge in [-0.2, -0.15) is 0 Å². The molecule has 0 aliphatic rings. The molecule has 1 aromatic carbocycles. The van der Waals surface area contributed by atoms with Crippen LogP contribution >= 0.6 is 0 Å². The van der Waals surface area contributed by atoms with Crippen LogP contribution in [0.2, 0.25) is 0 Å². The van der Waals surface area contributed by atoms with Crippen molar-refractivity contribution in [3.63, 3.8) is 0 Å². The Balaban J connectivity index is 2.92. The van der Waals surface area contributed by atoms with Crippen molar-refractivity contribution >= 4 is 17.0 Å². The molecule has 0 aliphatic carbocycles. The van der Waals surface area contributed by atoms with E-state index in [1.165, 1.54) is 0 Å². The van der Waals surface area contributed by atoms with Crippen molar-refractivity contribution in [2.75, 3.05) is 0 Å². The van der Waals surface area contributed by atoms with E-state index < -0.39 is 5.97 Å². The van der Waals surface area contributed by atoms with E-state index in [2.05, 4.69) is 25.8 Å². The minimum atomic E-state index is -0.909. The lowest BCUT2D eigenvalue weighted by Gasteiger charge is -2.25. The maximum atomic E-state index is 11.4. The predicted molar refractivity (Wildman–Crippen MR) is 71.1 cm³/mol. The van der Waals surface area contributed by atoms with Crippen molar-refractivity contribution < 1.29 is 9.90 Å². The molecule has 0 aliphatic heterocycles. The van der Waals surface area contributed by atoms with Gasteiger partial charge in [-0.05, 0) is 32.9 Å². The Morgan fingerprint density at radius 1 is 1.39 bits per heavy atom. The number of carboxylic acid groups (broad SMARTS) is 1. The van der Waals surface area contributed by atoms with Crippen LogP contribution in [0.5, 0.6) is 0 Å². The number of aromatic carboxylic acids is 1. The standard InChI is InChI=1S/C14H18N2O2/c1-5-11-15-10-8-6-7-9(13(17)18)12(10)16(11)14(2,3)4/h6-8H,5H2,1-4H3,(H,17,18). The van der Waals surface area contributed by atoms with E-state index >= 15 is 0 Å². The Bertz CT molecular complexity index is 606. The van der Waals surface area contributed by atoms with Crippen LogP contribution < -0.4 is 0 Å². The third kappa shape index (κ3) is 1.88. The molecule has 0 amide bonds. The number of imidazole rings is 1. The number of aryl methyl sites for hydroxylation is 1. The SMILES string of the molecule is CCc1nc2cccc(C(=O)O)c2n1C(C)(C)C. The molecule has 0 saturated heterocycles. The Morgan fingerprint density at radius 2 is 2.06 bits per heavy atom. The Labute approximate surface area is 106 Å². The number of nitrogens with zero attached hydrogens (tertiary/aromatic N) is 2. The van der Waals surface area contributed by atoms with Gasteiger partial charge in [-0.25, -0.2) is 9.78 Å². The normalized spacial score (nSPS) is 12.0. The van der Waals surface area contributed by atoms with Crippen molar-refractivity contribution in [1.29, 1.82) is 0 Å². The van der Waals surface area contributed by atoms with Gasteiger partial charge in [-0.1, -0.05) is 13.0 Å². The van der Waals surface area contributed by atoms with Gasteiger partial charge in [0, 0.05) is 12.0 Å². The van der Waals surface area contributed by atoms with Gasteiger partial charge >= 0.3 is 5.97 Å². The maximum Gasteiger partial charge on any atom is 0.337 e. The molecule has 18 heavy (non-hydrogen) atoms. The van der Waals surface area contributed by atoms with Crippen molar-refractivity contribution in [3.05, 3.63) is 29.6 Å². The second-order valence-electron chi connectivity index (χ2n) is 5.37. The van der Waals surface area contributed by atoms with Gasteiger partial charge < -0.3 is 9.67 Å². The highest BCUT2D eigenvalue weighted by atomic mass is 16.4. The molecular formula is C14H18N2O2. The minimum absolute atomic E-state index is 0.189. The number of carboxylic acids is 1. The summed E-state index contributed by atoms with van der Waals surface area (Å²) in [6.45, 7) is 8.22. The zero-order valence-electron chi connectivity index (χ0n) is 11.2. The summed E-state index contributed by atoms with van der Waals surface area (Å²) in [5.41, 5.74) is 1.59. The van der Waals surface area contributed by atoms with Crippen molar-refractivity contribution in [3.8, 4) is 0 Å². The zero-order valence-corrected chi connectivity index (χ0v) is 11.2. The molecule has 0 saturated carbocycles. The largest absolute Gasteiger partial charge is 0.478 e. The number of hydrogen-bond donors (Lipinski definition) is 1. The smallest absolute Gasteiger partial charge is 0.337 e. The molecule has 0 spiro atoms. The van der Waals surface area contributed by atoms with E-state index in [9.17, 15) is 9.90 Å². The topological polar surface area (TPSA) is 55.1 Å². The summed E-state index contributed by atoms with van der Waals surface area (Å²) in [4.78, 5) is 15.9. The number of fused-ring (bicyclic) bond motifs is 1. The summed E-state index contributed by atoms with van der Waals surface area (Å²) in [5, 5.41) is 9.31. The first-order valence-corrected chi connectivity index (χ1v) is 6.10. The van der Waals surface area contributed by atoms with Gasteiger partial charge in [-0.15, -0.1) is 0 Å². The second-order valence-corrected chi connectivity index (χ2v) is 5.37. The Morgan fingerprint density at radius 3 is 2.56 bits per heavy atom. The molecule has 2 aromatic rings. The van der Waals surface area contributed by atoms with E-state index in [0.29, 0.717) is 11.1 Å². The highest BCUT2D eigenvalue weighted by Crippen LogP contribution is 2.28. The monoisotopic (exact) mass is 246 g/mol. The number of para-hydroxylation sites is 1. The summed E-state index contributed by atoms with van der Waals surface area (Å²) in [6, 6.07) is 5.24. The van der Waals surface area contributed by atoms with E-state index in [1.54, 1.807) is 12.1 Å². The van der Waals surface area contributed by atoms with Crippen LogP contribution in [0.4, 0.5) is 0 Å². The lowest BCUT2D eigenvalue weighted by atomic mass is 10.1. The Kier molecular flexibility index (Phi) is 2.89. The fourth-order valence-electron chi connectivity index (χ4n) is 2.31. The lowest BCUT2D eigenvalue weighted by molar-refractivity contribution is 0.0698. The van der Waals surface area contributed by atoms with Gasteiger partial charge in [0.2, 0.25) is 0 Å². The summed E-state index contributed by atoms with van der Waals surface area (Å²) >= 11 is 0. The van der Waals surface area contributed by atoms with Gasteiger partial charge in [0.15, 0.2) is 0 Å². The third-order valence-electron chi connectivity index (χ3n) is 2.96. The maximum absolute atomic E-state index is 11.4. The van der Waals surface area contributed by atoms with Crippen molar-refractivity contribution in [2.45, 2.75) is 39.7 Å². The van der Waals surface area contributed by atoms with Crippen LogP contribution in [0.15, 0.2) is 18.2 Å². The first kappa shape index (κ1) is 12.6. The molecule has 0 fully saturated rings. The minimum Gasteiger partial charge on any atom is -0.478 e. The number of benzene rings is 1. The first-order valence-electron chi connectivity index (χ1n) is 6.10. The van der Waals surface area contributed by atoms with E-state index in [0.717, 1.165) is 17.8 Å². The molecule has 0 bridgehead atoms. The molecule has 0 radical (unpaired) electrons. The van der Waals surface area contributed by atoms with Gasteiger partial charge in [0.05, 0.1) is 16.6 Å². The average Bonchev–Trinajstić information content (AvgIpc) is 2.65. The van der Waals surface area contributed by atoms with Crippen LogP contribution in [-0.2, 0) is 12.0 Å². The molecular weight excluding hydrogens is 228 g/mol. The Hall–Kier alpha value is -1.84. The van der Waals surface area contributed by atoms with Crippen LogP contribution in [-0.4, -0.2) is 20.6 Å². The molecule has 0 atom stereocenters. The van der Waals surface area contributed by atoms with Crippen molar-refractivity contribution in [2.24, 2.45) is 0 Å². The van der Waals surface area contributed by atoms with Crippen LogP contribution in [0, 0.1) is 0 Å². The number of carbonyl (C=O) groups is 1. The van der Waals surface area contributed by atoms with Crippen molar-refractivity contribution in [1.82, 2.24) is 9.55 Å². The van der Waals surface area contributed by atoms with Crippen LogP contribution in [0.1, 0.15) is 43.9 Å². The first-order chi connectivity index (χ1) is 8.36. The molecule has 4 nitrogen and oxygen atoms in total. The van der Waals surface area contributed by atoms with E-state index in [1.807, 2.05) is 17.6 Å². The molecule has 4 heteroatoms. The van der Waals surface area contributed by atoms with E-state index in [-0.39, 0.29) is 5.54 Å². The molecule has 1 heterocycles. The molecule has 1 aromatic heterocycles. The zero-order chi connectivity index (χ0) is 13.5. The summed E-state index contributed by atoms with van der Waals surface area (Å²) in [7, 11) is 0. The predicted octanol–water partition coefficient (Wildman–Crippen LogP) is 3.05. The van der Waals surface area contributed by atoms with Crippen LogP contribution in [0.3, 0.4) is 0 Å². The van der Waals surface area contributed by atoms with Gasteiger partial charge in [0.25, 0.3) is 0 Å². The van der Waals surface area contributed by atoms with Crippen LogP contribution in [0.25, 0.3) is 11.0 Å².